The second-order valence-electron chi connectivity index (χ2n) is 4.33. The van der Waals surface area contributed by atoms with Crippen LogP contribution in [0.15, 0.2) is 36.7 Å². The summed E-state index contributed by atoms with van der Waals surface area (Å²) in [6.45, 7) is 4.85. The minimum Gasteiger partial charge on any atom is -0.492 e. The van der Waals surface area contributed by atoms with Crippen LogP contribution < -0.4 is 10.5 Å². The van der Waals surface area contributed by atoms with E-state index in [-0.39, 0.29) is 0 Å². The van der Waals surface area contributed by atoms with Gasteiger partial charge in [-0.1, -0.05) is 13.0 Å². The van der Waals surface area contributed by atoms with Crippen molar-refractivity contribution in [1.82, 2.24) is 4.98 Å². The highest BCUT2D eigenvalue weighted by atomic mass is 16.5. The van der Waals surface area contributed by atoms with Gasteiger partial charge in [0, 0.05) is 17.4 Å². The summed E-state index contributed by atoms with van der Waals surface area (Å²) in [6, 6.07) is 7.91. The van der Waals surface area contributed by atoms with E-state index in [1.807, 2.05) is 37.4 Å². The Morgan fingerprint density at radius 3 is 2.78 bits per heavy atom. The molecule has 1 heterocycles. The number of nitrogens with two attached hydrogens (primary N) is 1. The van der Waals surface area contributed by atoms with Gasteiger partial charge in [0.15, 0.2) is 0 Å². The van der Waals surface area contributed by atoms with Gasteiger partial charge in [-0.05, 0) is 42.7 Å². The Morgan fingerprint density at radius 2 is 2.06 bits per heavy atom. The van der Waals surface area contributed by atoms with Crippen LogP contribution in [0.1, 0.15) is 18.9 Å². The van der Waals surface area contributed by atoms with Gasteiger partial charge >= 0.3 is 0 Å². The van der Waals surface area contributed by atoms with Crippen LogP contribution in [0.5, 0.6) is 5.75 Å². The van der Waals surface area contributed by atoms with Gasteiger partial charge in [-0.3, -0.25) is 4.98 Å². The zero-order valence-electron chi connectivity index (χ0n) is 10.8. The van der Waals surface area contributed by atoms with E-state index >= 15 is 0 Å². The van der Waals surface area contributed by atoms with Crippen LogP contribution in [0.25, 0.3) is 11.1 Å². The molecule has 0 saturated carbocycles. The van der Waals surface area contributed by atoms with E-state index in [0.29, 0.717) is 6.61 Å². The fraction of sp³-hybridized carbons (Fsp3) is 0.267. The zero-order chi connectivity index (χ0) is 13.0. The second kappa shape index (κ2) is 5.54. The summed E-state index contributed by atoms with van der Waals surface area (Å²) in [7, 11) is 0. The average molecular weight is 242 g/mol. The average Bonchev–Trinajstić information content (AvgIpc) is 2.36. The molecule has 0 radical (unpaired) electrons. The molecular formula is C15H18N2O. The van der Waals surface area contributed by atoms with Crippen molar-refractivity contribution in [1.29, 1.82) is 0 Å². The Hall–Kier alpha value is -2.03. The van der Waals surface area contributed by atoms with Crippen molar-refractivity contribution in [3.05, 3.63) is 42.2 Å². The Morgan fingerprint density at radius 1 is 1.22 bits per heavy atom. The van der Waals surface area contributed by atoms with Crippen LogP contribution in [0.4, 0.5) is 5.69 Å². The van der Waals surface area contributed by atoms with Crippen LogP contribution in [0.3, 0.4) is 0 Å². The maximum absolute atomic E-state index is 5.76. The van der Waals surface area contributed by atoms with Gasteiger partial charge in [-0.2, -0.15) is 0 Å². The SMILES string of the molecule is CCCOc1cncc(-c2ccc(N)cc2C)c1. The molecule has 0 aliphatic heterocycles. The number of nitrogen functional groups attached to an aromatic ring is 1. The molecule has 3 heteroatoms. The molecule has 0 amide bonds. The zero-order valence-corrected chi connectivity index (χ0v) is 10.8. The van der Waals surface area contributed by atoms with E-state index in [9.17, 15) is 0 Å². The van der Waals surface area contributed by atoms with Gasteiger partial charge in [0.25, 0.3) is 0 Å². The number of hydrogen-bond acceptors (Lipinski definition) is 3. The van der Waals surface area contributed by atoms with Crippen LogP contribution >= 0.6 is 0 Å². The second-order valence-corrected chi connectivity index (χ2v) is 4.33. The monoisotopic (exact) mass is 242 g/mol. The number of hydrogen-bond donors (Lipinski definition) is 1. The van der Waals surface area contributed by atoms with Crippen LogP contribution in [-0.4, -0.2) is 11.6 Å². The minimum absolute atomic E-state index is 0.714. The van der Waals surface area contributed by atoms with Gasteiger partial charge < -0.3 is 10.5 Å². The molecular weight excluding hydrogens is 224 g/mol. The molecule has 1 aromatic heterocycles. The molecule has 0 fully saturated rings. The number of pyridine rings is 1. The number of aryl methyl sites for hydroxylation is 1. The van der Waals surface area contributed by atoms with Gasteiger partial charge in [-0.25, -0.2) is 0 Å². The van der Waals surface area contributed by atoms with Crippen molar-refractivity contribution < 1.29 is 4.74 Å². The summed E-state index contributed by atoms with van der Waals surface area (Å²) in [4.78, 5) is 4.22. The first-order chi connectivity index (χ1) is 8.70. The molecule has 0 aliphatic rings. The standard InChI is InChI=1S/C15H18N2O/c1-3-6-18-14-8-12(9-17-10-14)15-5-4-13(16)7-11(15)2/h4-5,7-10H,3,6,16H2,1-2H3. The van der Waals surface area contributed by atoms with Crippen molar-refractivity contribution >= 4 is 5.69 Å². The maximum Gasteiger partial charge on any atom is 0.138 e. The van der Waals surface area contributed by atoms with Gasteiger partial charge in [0.1, 0.15) is 5.75 Å². The number of aromatic nitrogens is 1. The number of benzene rings is 1. The van der Waals surface area contributed by atoms with Gasteiger partial charge in [0.05, 0.1) is 12.8 Å². The number of anilines is 1. The van der Waals surface area contributed by atoms with Crippen molar-refractivity contribution in [2.24, 2.45) is 0 Å². The summed E-state index contributed by atoms with van der Waals surface area (Å²) in [6.07, 6.45) is 4.58. The molecule has 0 spiro atoms. The highest BCUT2D eigenvalue weighted by Gasteiger charge is 2.04. The molecule has 2 rings (SSSR count). The third kappa shape index (κ3) is 2.80. The highest BCUT2D eigenvalue weighted by molar-refractivity contribution is 5.69. The Bertz CT molecular complexity index is 538. The van der Waals surface area contributed by atoms with Gasteiger partial charge in [-0.15, -0.1) is 0 Å². The lowest BCUT2D eigenvalue weighted by Gasteiger charge is -2.09. The predicted octanol–water partition coefficient (Wildman–Crippen LogP) is 3.43. The summed E-state index contributed by atoms with van der Waals surface area (Å²) in [5.41, 5.74) is 9.88. The molecule has 1 aromatic carbocycles. The molecule has 0 unspecified atom stereocenters. The molecule has 0 atom stereocenters. The molecule has 3 nitrogen and oxygen atoms in total. The summed E-state index contributed by atoms with van der Waals surface area (Å²) in [5.74, 6) is 0.811. The van der Waals surface area contributed by atoms with E-state index < -0.39 is 0 Å². The largest absolute Gasteiger partial charge is 0.492 e. The Kier molecular flexibility index (Phi) is 3.82. The van der Waals surface area contributed by atoms with Crippen molar-refractivity contribution in [2.45, 2.75) is 20.3 Å². The lowest BCUT2D eigenvalue weighted by Crippen LogP contribution is -1.96. The third-order valence-corrected chi connectivity index (χ3v) is 2.75. The minimum atomic E-state index is 0.714. The smallest absolute Gasteiger partial charge is 0.138 e. The molecule has 0 aliphatic carbocycles. The van der Waals surface area contributed by atoms with Gasteiger partial charge in [0.2, 0.25) is 0 Å². The van der Waals surface area contributed by atoms with Crippen molar-refractivity contribution in [3.8, 4) is 16.9 Å². The topological polar surface area (TPSA) is 48.1 Å². The van der Waals surface area contributed by atoms with Crippen LogP contribution in [0, 0.1) is 6.92 Å². The Balaban J connectivity index is 2.32. The number of ether oxygens (including phenoxy) is 1. The van der Waals surface area contributed by atoms with E-state index in [1.165, 1.54) is 0 Å². The maximum atomic E-state index is 5.76. The molecule has 2 N–H and O–H groups in total. The Labute approximate surface area is 108 Å². The lowest BCUT2D eigenvalue weighted by atomic mass is 10.0. The first kappa shape index (κ1) is 12.4. The van der Waals surface area contributed by atoms with Crippen molar-refractivity contribution in [3.63, 3.8) is 0 Å². The first-order valence-corrected chi connectivity index (χ1v) is 6.15. The molecule has 2 aromatic rings. The third-order valence-electron chi connectivity index (χ3n) is 2.75. The summed E-state index contributed by atoms with van der Waals surface area (Å²) in [5, 5.41) is 0. The highest BCUT2D eigenvalue weighted by Crippen LogP contribution is 2.27. The first-order valence-electron chi connectivity index (χ1n) is 6.15. The number of rotatable bonds is 4. The fourth-order valence-corrected chi connectivity index (χ4v) is 1.88. The van der Waals surface area contributed by atoms with E-state index in [1.54, 1.807) is 6.20 Å². The van der Waals surface area contributed by atoms with Crippen LogP contribution in [-0.2, 0) is 0 Å². The molecule has 18 heavy (non-hydrogen) atoms. The van der Waals surface area contributed by atoms with Crippen LogP contribution in [0.2, 0.25) is 0 Å². The molecule has 94 valence electrons. The van der Waals surface area contributed by atoms with E-state index in [0.717, 1.165) is 34.5 Å². The normalized spacial score (nSPS) is 10.3. The summed E-state index contributed by atoms with van der Waals surface area (Å²) >= 11 is 0. The lowest BCUT2D eigenvalue weighted by molar-refractivity contribution is 0.316. The molecule has 0 bridgehead atoms. The van der Waals surface area contributed by atoms with E-state index in [4.69, 9.17) is 10.5 Å². The quantitative estimate of drug-likeness (QED) is 0.835. The summed E-state index contributed by atoms with van der Waals surface area (Å²) < 4.78 is 5.59. The van der Waals surface area contributed by atoms with Crippen molar-refractivity contribution in [2.75, 3.05) is 12.3 Å². The number of nitrogens with zero attached hydrogens (tertiary/aromatic N) is 1. The van der Waals surface area contributed by atoms with E-state index in [2.05, 4.69) is 11.9 Å². The fourth-order valence-electron chi connectivity index (χ4n) is 1.88. The predicted molar refractivity (Wildman–Crippen MR) is 74.6 cm³/mol. The molecule has 0 saturated heterocycles.